The minimum Gasteiger partial charge on any atom is -0.303 e. The standard InChI is InChI=1S/C18H30O2/c19-13-1-3-15-5-9-17(10-6-15)18-11-7-16(8-12-18)4-2-14-20/h13-18H,1-12H2. The van der Waals surface area contributed by atoms with Crippen molar-refractivity contribution in [2.24, 2.45) is 23.7 Å². The molecule has 2 heteroatoms. The smallest absolute Gasteiger partial charge is 0.120 e. The van der Waals surface area contributed by atoms with E-state index in [1.807, 2.05) is 0 Å². The summed E-state index contributed by atoms with van der Waals surface area (Å²) >= 11 is 0. The van der Waals surface area contributed by atoms with Crippen molar-refractivity contribution in [1.29, 1.82) is 0 Å². The van der Waals surface area contributed by atoms with Crippen molar-refractivity contribution in [3.63, 3.8) is 0 Å². The van der Waals surface area contributed by atoms with Crippen LogP contribution in [0.3, 0.4) is 0 Å². The zero-order chi connectivity index (χ0) is 14.2. The van der Waals surface area contributed by atoms with Crippen LogP contribution in [0.15, 0.2) is 0 Å². The Morgan fingerprint density at radius 3 is 1.25 bits per heavy atom. The monoisotopic (exact) mass is 278 g/mol. The molecule has 2 saturated carbocycles. The van der Waals surface area contributed by atoms with Crippen molar-refractivity contribution < 1.29 is 9.59 Å². The molecule has 20 heavy (non-hydrogen) atoms. The van der Waals surface area contributed by atoms with E-state index in [4.69, 9.17) is 0 Å². The predicted octanol–water partition coefficient (Wildman–Crippen LogP) is 4.56. The number of rotatable bonds is 7. The Morgan fingerprint density at radius 2 is 0.950 bits per heavy atom. The van der Waals surface area contributed by atoms with Gasteiger partial charge in [0.25, 0.3) is 0 Å². The van der Waals surface area contributed by atoms with Crippen LogP contribution in [0.4, 0.5) is 0 Å². The second kappa shape index (κ2) is 8.59. The zero-order valence-corrected chi connectivity index (χ0v) is 12.8. The number of carbonyl (C=O) groups is 2. The average Bonchev–Trinajstić information content (AvgIpc) is 2.52. The van der Waals surface area contributed by atoms with E-state index in [9.17, 15) is 9.59 Å². The normalized spacial score (nSPS) is 34.6. The molecule has 2 fully saturated rings. The highest BCUT2D eigenvalue weighted by atomic mass is 16.1. The van der Waals surface area contributed by atoms with Gasteiger partial charge in [-0.25, -0.2) is 0 Å². The van der Waals surface area contributed by atoms with Crippen LogP contribution in [0.5, 0.6) is 0 Å². The van der Waals surface area contributed by atoms with E-state index in [-0.39, 0.29) is 0 Å². The Hall–Kier alpha value is -0.660. The third kappa shape index (κ3) is 4.71. The second-order valence-corrected chi connectivity index (χ2v) is 7.05. The largest absolute Gasteiger partial charge is 0.303 e. The summed E-state index contributed by atoms with van der Waals surface area (Å²) in [6.07, 6.45) is 16.9. The molecule has 0 aromatic rings. The molecule has 0 aliphatic heterocycles. The SMILES string of the molecule is O=CCCC1CCC(C2CCC(CCC=O)CC2)CC1. The van der Waals surface area contributed by atoms with Gasteiger partial charge in [-0.2, -0.15) is 0 Å². The number of carbonyl (C=O) groups excluding carboxylic acids is 2. The highest BCUT2D eigenvalue weighted by Crippen LogP contribution is 2.42. The molecular formula is C18H30O2. The summed E-state index contributed by atoms with van der Waals surface area (Å²) in [6.45, 7) is 0. The van der Waals surface area contributed by atoms with Gasteiger partial charge in [-0.05, 0) is 62.2 Å². The predicted molar refractivity (Wildman–Crippen MR) is 81.5 cm³/mol. The highest BCUT2D eigenvalue weighted by Gasteiger charge is 2.30. The fourth-order valence-electron chi connectivity index (χ4n) is 4.50. The minimum absolute atomic E-state index is 0.761. The van der Waals surface area contributed by atoms with Gasteiger partial charge in [-0.15, -0.1) is 0 Å². The first-order valence-electron chi connectivity index (χ1n) is 8.70. The average molecular weight is 278 g/mol. The lowest BCUT2D eigenvalue weighted by atomic mass is 9.68. The van der Waals surface area contributed by atoms with Gasteiger partial charge in [0.15, 0.2) is 0 Å². The lowest BCUT2D eigenvalue weighted by Crippen LogP contribution is -2.26. The molecule has 114 valence electrons. The van der Waals surface area contributed by atoms with Crippen LogP contribution < -0.4 is 0 Å². The van der Waals surface area contributed by atoms with Gasteiger partial charge < -0.3 is 9.59 Å². The molecule has 0 N–H and O–H groups in total. The van der Waals surface area contributed by atoms with Crippen LogP contribution in [0.2, 0.25) is 0 Å². The highest BCUT2D eigenvalue weighted by molar-refractivity contribution is 5.49. The van der Waals surface area contributed by atoms with E-state index in [1.165, 1.54) is 51.4 Å². The zero-order valence-electron chi connectivity index (χ0n) is 12.8. The Kier molecular flexibility index (Phi) is 6.75. The summed E-state index contributed by atoms with van der Waals surface area (Å²) in [5, 5.41) is 0. The third-order valence-corrected chi connectivity index (χ3v) is 5.84. The molecule has 0 spiro atoms. The number of aldehydes is 2. The quantitative estimate of drug-likeness (QED) is 0.640. The van der Waals surface area contributed by atoms with E-state index in [2.05, 4.69) is 0 Å². The Morgan fingerprint density at radius 1 is 0.600 bits per heavy atom. The minimum atomic E-state index is 0.761. The van der Waals surface area contributed by atoms with Crippen LogP contribution in [-0.2, 0) is 9.59 Å². The first-order chi connectivity index (χ1) is 9.83. The summed E-state index contributed by atoms with van der Waals surface area (Å²) in [5.74, 6) is 3.55. The lowest BCUT2D eigenvalue weighted by Gasteiger charge is -2.37. The van der Waals surface area contributed by atoms with E-state index in [0.29, 0.717) is 0 Å². The van der Waals surface area contributed by atoms with Crippen molar-refractivity contribution in [3.8, 4) is 0 Å². The maximum Gasteiger partial charge on any atom is 0.120 e. The van der Waals surface area contributed by atoms with Crippen molar-refractivity contribution in [2.75, 3.05) is 0 Å². The molecule has 0 bridgehead atoms. The number of hydrogen-bond donors (Lipinski definition) is 0. The van der Waals surface area contributed by atoms with Crippen molar-refractivity contribution >= 4 is 12.6 Å². The molecule has 0 heterocycles. The van der Waals surface area contributed by atoms with Gasteiger partial charge in [-0.3, -0.25) is 0 Å². The van der Waals surface area contributed by atoms with Gasteiger partial charge >= 0.3 is 0 Å². The first-order valence-corrected chi connectivity index (χ1v) is 8.70. The molecule has 0 radical (unpaired) electrons. The first kappa shape index (κ1) is 15.7. The van der Waals surface area contributed by atoms with Crippen LogP contribution in [-0.4, -0.2) is 12.6 Å². The molecule has 0 saturated heterocycles. The van der Waals surface area contributed by atoms with Gasteiger partial charge in [0.1, 0.15) is 12.6 Å². The summed E-state index contributed by atoms with van der Waals surface area (Å²) in [6, 6.07) is 0. The summed E-state index contributed by atoms with van der Waals surface area (Å²) in [7, 11) is 0. The van der Waals surface area contributed by atoms with Gasteiger partial charge in [0.05, 0.1) is 0 Å². The molecule has 0 aromatic heterocycles. The Balaban J connectivity index is 1.65. The summed E-state index contributed by atoms with van der Waals surface area (Å²) < 4.78 is 0. The molecule has 2 aliphatic rings. The van der Waals surface area contributed by atoms with Crippen LogP contribution in [0.25, 0.3) is 0 Å². The summed E-state index contributed by atoms with van der Waals surface area (Å²) in [5.41, 5.74) is 0. The van der Waals surface area contributed by atoms with Crippen LogP contribution in [0.1, 0.15) is 77.0 Å². The molecule has 2 rings (SSSR count). The maximum absolute atomic E-state index is 10.4. The van der Waals surface area contributed by atoms with E-state index < -0.39 is 0 Å². The Bertz CT molecular complexity index is 254. The lowest BCUT2D eigenvalue weighted by molar-refractivity contribution is -0.109. The topological polar surface area (TPSA) is 34.1 Å². The molecule has 0 amide bonds. The number of hydrogen-bond acceptors (Lipinski definition) is 2. The van der Waals surface area contributed by atoms with E-state index >= 15 is 0 Å². The molecule has 0 atom stereocenters. The van der Waals surface area contributed by atoms with Crippen molar-refractivity contribution in [2.45, 2.75) is 77.0 Å². The fraction of sp³-hybridized carbons (Fsp3) is 0.889. The van der Waals surface area contributed by atoms with E-state index in [0.717, 1.165) is 61.9 Å². The molecule has 2 nitrogen and oxygen atoms in total. The van der Waals surface area contributed by atoms with E-state index in [1.54, 1.807) is 0 Å². The maximum atomic E-state index is 10.4. The van der Waals surface area contributed by atoms with Crippen LogP contribution in [0, 0.1) is 23.7 Å². The second-order valence-electron chi connectivity index (χ2n) is 7.05. The molecular weight excluding hydrogens is 248 g/mol. The van der Waals surface area contributed by atoms with Crippen LogP contribution >= 0.6 is 0 Å². The molecule has 2 aliphatic carbocycles. The molecule has 0 aromatic carbocycles. The van der Waals surface area contributed by atoms with Crippen molar-refractivity contribution in [1.82, 2.24) is 0 Å². The third-order valence-electron chi connectivity index (χ3n) is 5.84. The Labute approximate surface area is 123 Å². The van der Waals surface area contributed by atoms with Gasteiger partial charge in [-0.1, -0.05) is 25.7 Å². The van der Waals surface area contributed by atoms with Crippen molar-refractivity contribution in [3.05, 3.63) is 0 Å². The summed E-state index contributed by atoms with van der Waals surface area (Å²) in [4.78, 5) is 20.9. The fourth-order valence-corrected chi connectivity index (χ4v) is 4.50. The van der Waals surface area contributed by atoms with Gasteiger partial charge in [0.2, 0.25) is 0 Å². The molecule has 0 unspecified atom stereocenters. The van der Waals surface area contributed by atoms with Gasteiger partial charge in [0, 0.05) is 12.8 Å².